The highest BCUT2D eigenvalue weighted by atomic mass is 16.7. The van der Waals surface area contributed by atoms with Gasteiger partial charge in [0.15, 0.2) is 11.5 Å². The molecule has 7 heteroatoms. The van der Waals surface area contributed by atoms with Gasteiger partial charge in [0.05, 0.1) is 31.8 Å². The Bertz CT molecular complexity index is 617. The van der Waals surface area contributed by atoms with E-state index in [0.717, 1.165) is 24.4 Å². The van der Waals surface area contributed by atoms with E-state index < -0.39 is 6.10 Å². The zero-order valence-electron chi connectivity index (χ0n) is 13.5. The van der Waals surface area contributed by atoms with Crippen LogP contribution in [0, 0.1) is 0 Å². The van der Waals surface area contributed by atoms with Crippen molar-refractivity contribution >= 4 is 5.91 Å². The van der Waals surface area contributed by atoms with Crippen molar-refractivity contribution in [1.29, 1.82) is 0 Å². The van der Waals surface area contributed by atoms with Crippen LogP contribution in [0.1, 0.15) is 5.56 Å². The standard InChI is InChI=1S/C17H22N2O5/c20-14-10-19(9-13(14)18-3-5-22-6-4-18)17(21)8-12-1-2-15-16(7-12)24-11-23-15/h1-2,7,13-14,20H,3-6,8-11H2/t13-,14-/m0/s1. The number of amides is 1. The van der Waals surface area contributed by atoms with E-state index >= 15 is 0 Å². The number of aliphatic hydroxyl groups is 1. The largest absolute Gasteiger partial charge is 0.454 e. The molecule has 1 amide bonds. The summed E-state index contributed by atoms with van der Waals surface area (Å²) in [6, 6.07) is 5.58. The van der Waals surface area contributed by atoms with E-state index in [2.05, 4.69) is 4.90 Å². The maximum atomic E-state index is 12.6. The lowest BCUT2D eigenvalue weighted by Crippen LogP contribution is -2.49. The predicted molar refractivity (Wildman–Crippen MR) is 85.0 cm³/mol. The number of β-amino-alcohol motifs (C(OH)–C–C–N with tert-alkyl or cyclic N) is 1. The maximum absolute atomic E-state index is 12.6. The van der Waals surface area contributed by atoms with Crippen LogP contribution >= 0.6 is 0 Å². The molecule has 3 aliphatic rings. The molecule has 1 N–H and O–H groups in total. The average molecular weight is 334 g/mol. The van der Waals surface area contributed by atoms with Gasteiger partial charge in [0, 0.05) is 26.2 Å². The predicted octanol–water partition coefficient (Wildman–Crippen LogP) is -0.138. The van der Waals surface area contributed by atoms with Crippen molar-refractivity contribution in [2.24, 2.45) is 0 Å². The number of morpholine rings is 1. The SMILES string of the molecule is O=C(Cc1ccc2c(c1)OCO2)N1C[C@H](O)[C@@H](N2CCOCC2)C1. The van der Waals surface area contributed by atoms with Gasteiger partial charge in [-0.1, -0.05) is 6.07 Å². The summed E-state index contributed by atoms with van der Waals surface area (Å²) in [5.74, 6) is 1.44. The first kappa shape index (κ1) is 15.7. The highest BCUT2D eigenvalue weighted by molar-refractivity contribution is 5.79. The van der Waals surface area contributed by atoms with Gasteiger partial charge in [-0.25, -0.2) is 0 Å². The van der Waals surface area contributed by atoms with E-state index in [1.165, 1.54) is 0 Å². The van der Waals surface area contributed by atoms with E-state index in [4.69, 9.17) is 14.2 Å². The smallest absolute Gasteiger partial charge is 0.231 e. The number of fused-ring (bicyclic) bond motifs is 1. The van der Waals surface area contributed by atoms with Gasteiger partial charge in [-0.2, -0.15) is 0 Å². The molecule has 4 rings (SSSR count). The van der Waals surface area contributed by atoms with Crippen molar-refractivity contribution in [3.8, 4) is 11.5 Å². The molecule has 24 heavy (non-hydrogen) atoms. The van der Waals surface area contributed by atoms with Gasteiger partial charge >= 0.3 is 0 Å². The van der Waals surface area contributed by atoms with Gasteiger partial charge < -0.3 is 24.2 Å². The number of hydrogen-bond donors (Lipinski definition) is 1. The molecule has 3 aliphatic heterocycles. The Hall–Kier alpha value is -1.83. The quantitative estimate of drug-likeness (QED) is 0.830. The summed E-state index contributed by atoms with van der Waals surface area (Å²) >= 11 is 0. The first-order chi connectivity index (χ1) is 11.7. The van der Waals surface area contributed by atoms with Crippen LogP contribution in [0.4, 0.5) is 0 Å². The molecule has 0 spiro atoms. The normalized spacial score (nSPS) is 26.8. The number of carbonyl (C=O) groups excluding carboxylic acids is 1. The number of benzene rings is 1. The summed E-state index contributed by atoms with van der Waals surface area (Å²) in [6.07, 6.45) is -0.192. The number of ether oxygens (including phenoxy) is 3. The van der Waals surface area contributed by atoms with Gasteiger partial charge in [0.2, 0.25) is 12.7 Å². The molecule has 0 aliphatic carbocycles. The minimum absolute atomic E-state index is 0.00889. The first-order valence-corrected chi connectivity index (χ1v) is 8.37. The molecule has 0 aromatic heterocycles. The molecule has 2 atom stereocenters. The molecule has 0 bridgehead atoms. The lowest BCUT2D eigenvalue weighted by atomic mass is 10.1. The van der Waals surface area contributed by atoms with Crippen LogP contribution in [-0.2, 0) is 16.0 Å². The maximum Gasteiger partial charge on any atom is 0.231 e. The molecule has 2 saturated heterocycles. The van der Waals surface area contributed by atoms with E-state index in [9.17, 15) is 9.90 Å². The van der Waals surface area contributed by atoms with Gasteiger partial charge in [0.1, 0.15) is 0 Å². The number of aliphatic hydroxyl groups excluding tert-OH is 1. The third kappa shape index (κ3) is 3.07. The van der Waals surface area contributed by atoms with Crippen molar-refractivity contribution in [2.45, 2.75) is 18.6 Å². The van der Waals surface area contributed by atoms with Crippen molar-refractivity contribution in [1.82, 2.24) is 9.80 Å². The Kier molecular flexibility index (Phi) is 4.30. The minimum Gasteiger partial charge on any atom is -0.454 e. The fourth-order valence-corrected chi connectivity index (χ4v) is 3.58. The highest BCUT2D eigenvalue weighted by Gasteiger charge is 2.38. The summed E-state index contributed by atoms with van der Waals surface area (Å²) < 4.78 is 16.0. The summed E-state index contributed by atoms with van der Waals surface area (Å²) in [4.78, 5) is 16.6. The van der Waals surface area contributed by atoms with E-state index in [-0.39, 0.29) is 18.7 Å². The summed E-state index contributed by atoms with van der Waals surface area (Å²) in [5.41, 5.74) is 0.897. The summed E-state index contributed by atoms with van der Waals surface area (Å²) in [7, 11) is 0. The number of nitrogens with zero attached hydrogens (tertiary/aromatic N) is 2. The van der Waals surface area contributed by atoms with Gasteiger partial charge in [0.25, 0.3) is 0 Å². The Balaban J connectivity index is 1.38. The summed E-state index contributed by atoms with van der Waals surface area (Å²) in [5, 5.41) is 10.3. The molecular weight excluding hydrogens is 312 g/mol. The van der Waals surface area contributed by atoms with Crippen LogP contribution in [-0.4, -0.2) is 79.1 Å². The zero-order chi connectivity index (χ0) is 16.5. The molecule has 130 valence electrons. The van der Waals surface area contributed by atoms with E-state index in [0.29, 0.717) is 38.5 Å². The Labute approximate surface area is 140 Å². The van der Waals surface area contributed by atoms with Crippen molar-refractivity contribution in [2.75, 3.05) is 46.2 Å². The van der Waals surface area contributed by atoms with Crippen molar-refractivity contribution < 1.29 is 24.1 Å². The van der Waals surface area contributed by atoms with E-state index in [1.807, 2.05) is 18.2 Å². The van der Waals surface area contributed by atoms with Crippen LogP contribution in [0.3, 0.4) is 0 Å². The van der Waals surface area contributed by atoms with Crippen LogP contribution < -0.4 is 9.47 Å². The molecule has 0 unspecified atom stereocenters. The van der Waals surface area contributed by atoms with Gasteiger partial charge in [-0.15, -0.1) is 0 Å². The Morgan fingerprint density at radius 1 is 1.17 bits per heavy atom. The fraction of sp³-hybridized carbons (Fsp3) is 0.588. The van der Waals surface area contributed by atoms with Gasteiger partial charge in [-0.3, -0.25) is 9.69 Å². The Morgan fingerprint density at radius 3 is 2.79 bits per heavy atom. The van der Waals surface area contributed by atoms with Crippen LogP contribution in [0.5, 0.6) is 11.5 Å². The minimum atomic E-state index is -0.496. The van der Waals surface area contributed by atoms with Crippen LogP contribution in [0.15, 0.2) is 18.2 Å². The number of likely N-dealkylation sites (tertiary alicyclic amines) is 1. The second kappa shape index (κ2) is 6.58. The molecule has 0 saturated carbocycles. The molecule has 1 aromatic carbocycles. The van der Waals surface area contributed by atoms with Crippen molar-refractivity contribution in [3.05, 3.63) is 23.8 Å². The molecule has 0 radical (unpaired) electrons. The number of hydrogen-bond acceptors (Lipinski definition) is 6. The lowest BCUT2D eigenvalue weighted by Gasteiger charge is -2.33. The van der Waals surface area contributed by atoms with Crippen LogP contribution in [0.2, 0.25) is 0 Å². The first-order valence-electron chi connectivity index (χ1n) is 8.37. The number of rotatable bonds is 3. The Morgan fingerprint density at radius 2 is 1.96 bits per heavy atom. The molecular formula is C17H22N2O5. The lowest BCUT2D eigenvalue weighted by molar-refractivity contribution is -0.129. The summed E-state index contributed by atoms with van der Waals surface area (Å²) in [6.45, 7) is 4.20. The van der Waals surface area contributed by atoms with Crippen molar-refractivity contribution in [3.63, 3.8) is 0 Å². The molecule has 3 heterocycles. The van der Waals surface area contributed by atoms with Crippen LogP contribution in [0.25, 0.3) is 0 Å². The van der Waals surface area contributed by atoms with Gasteiger partial charge in [-0.05, 0) is 17.7 Å². The topological polar surface area (TPSA) is 71.5 Å². The second-order valence-electron chi connectivity index (χ2n) is 6.45. The second-order valence-corrected chi connectivity index (χ2v) is 6.45. The molecule has 7 nitrogen and oxygen atoms in total. The number of carbonyl (C=O) groups is 1. The molecule has 1 aromatic rings. The average Bonchev–Trinajstić information content (AvgIpc) is 3.21. The molecule has 2 fully saturated rings. The monoisotopic (exact) mass is 334 g/mol. The third-order valence-electron chi connectivity index (χ3n) is 4.92. The fourth-order valence-electron chi connectivity index (χ4n) is 3.58. The highest BCUT2D eigenvalue weighted by Crippen LogP contribution is 2.32. The van der Waals surface area contributed by atoms with E-state index in [1.54, 1.807) is 4.90 Å². The zero-order valence-corrected chi connectivity index (χ0v) is 13.5. The third-order valence-corrected chi connectivity index (χ3v) is 4.92.